The zero-order valence-corrected chi connectivity index (χ0v) is 15.0. The summed E-state index contributed by atoms with van der Waals surface area (Å²) in [6, 6.07) is 3.11. The van der Waals surface area contributed by atoms with Crippen molar-refractivity contribution in [3.8, 4) is 10.6 Å². The van der Waals surface area contributed by atoms with E-state index in [0.29, 0.717) is 12.1 Å². The van der Waals surface area contributed by atoms with Gasteiger partial charge in [-0.15, -0.1) is 11.3 Å². The van der Waals surface area contributed by atoms with Crippen LogP contribution in [0.15, 0.2) is 16.9 Å². The number of nitrogens with one attached hydrogen (secondary N) is 1. The molecule has 0 fully saturated rings. The first-order chi connectivity index (χ1) is 10.8. The average molecular weight is 356 g/mol. The summed E-state index contributed by atoms with van der Waals surface area (Å²) in [6.45, 7) is 5.94. The van der Waals surface area contributed by atoms with Crippen molar-refractivity contribution in [3.63, 3.8) is 0 Å². The number of thiazole rings is 1. The fraction of sp³-hybridized carbons (Fsp3) is 0.500. The Kier molecular flexibility index (Phi) is 5.66. The molecular formula is C14H20N4O3S2. The normalized spacial score (nSPS) is 11.8. The second-order valence-electron chi connectivity index (χ2n) is 5.14. The van der Waals surface area contributed by atoms with E-state index in [4.69, 9.17) is 0 Å². The molecule has 2 aromatic rings. The minimum absolute atomic E-state index is 0.0781. The lowest BCUT2D eigenvalue weighted by Gasteiger charge is -2.08. The van der Waals surface area contributed by atoms with E-state index in [9.17, 15) is 13.2 Å². The van der Waals surface area contributed by atoms with Crippen LogP contribution in [0.1, 0.15) is 24.0 Å². The van der Waals surface area contributed by atoms with E-state index in [1.807, 2.05) is 13.8 Å². The largest absolute Gasteiger partial charge is 0.268 e. The van der Waals surface area contributed by atoms with Crippen LogP contribution in [-0.2, 0) is 16.6 Å². The molecule has 2 heterocycles. The van der Waals surface area contributed by atoms with Crippen molar-refractivity contribution in [2.45, 2.75) is 33.7 Å². The van der Waals surface area contributed by atoms with E-state index in [1.165, 1.54) is 22.1 Å². The van der Waals surface area contributed by atoms with Crippen LogP contribution in [0.4, 0.5) is 0 Å². The number of rotatable bonds is 7. The van der Waals surface area contributed by atoms with Crippen LogP contribution in [0.5, 0.6) is 0 Å². The standard InChI is InChI=1S/C14H20N4O3S2/c1-4-9-23(20,21)15-7-8-18-13(19)6-5-12(17-18)14-10(2)16-11(3)22-14/h5-6,15H,4,7-9H2,1-3H3. The van der Waals surface area contributed by atoms with Gasteiger partial charge in [0.25, 0.3) is 5.56 Å². The number of aromatic nitrogens is 3. The van der Waals surface area contributed by atoms with E-state index < -0.39 is 10.0 Å². The molecule has 0 amide bonds. The molecule has 0 aromatic carbocycles. The maximum atomic E-state index is 11.9. The van der Waals surface area contributed by atoms with Crippen molar-refractivity contribution < 1.29 is 8.42 Å². The molecular weight excluding hydrogens is 336 g/mol. The zero-order valence-electron chi connectivity index (χ0n) is 13.4. The van der Waals surface area contributed by atoms with Crippen LogP contribution in [0.2, 0.25) is 0 Å². The first-order valence-corrected chi connectivity index (χ1v) is 9.79. The van der Waals surface area contributed by atoms with Gasteiger partial charge in [0.15, 0.2) is 0 Å². The molecule has 0 bridgehead atoms. The van der Waals surface area contributed by atoms with Crippen LogP contribution in [0.3, 0.4) is 0 Å². The maximum Gasteiger partial charge on any atom is 0.266 e. The molecule has 1 N–H and O–H groups in total. The molecule has 23 heavy (non-hydrogen) atoms. The minimum Gasteiger partial charge on any atom is -0.268 e. The first kappa shape index (κ1) is 17.8. The highest BCUT2D eigenvalue weighted by Gasteiger charge is 2.12. The molecule has 2 aromatic heterocycles. The molecule has 0 saturated carbocycles. The highest BCUT2D eigenvalue weighted by molar-refractivity contribution is 7.89. The van der Waals surface area contributed by atoms with Gasteiger partial charge in [-0.25, -0.2) is 22.8 Å². The van der Waals surface area contributed by atoms with E-state index >= 15 is 0 Å². The fourth-order valence-corrected chi connectivity index (χ4v) is 4.12. The van der Waals surface area contributed by atoms with Crippen molar-refractivity contribution in [1.82, 2.24) is 19.5 Å². The third-order valence-corrected chi connectivity index (χ3v) is 5.81. The maximum absolute atomic E-state index is 11.9. The topological polar surface area (TPSA) is 93.9 Å². The third kappa shape index (κ3) is 4.69. The molecule has 2 rings (SSSR count). The van der Waals surface area contributed by atoms with Gasteiger partial charge in [0.05, 0.1) is 27.9 Å². The van der Waals surface area contributed by atoms with Crippen molar-refractivity contribution in [3.05, 3.63) is 33.2 Å². The van der Waals surface area contributed by atoms with Gasteiger partial charge in [-0.3, -0.25) is 4.79 Å². The molecule has 0 unspecified atom stereocenters. The molecule has 0 radical (unpaired) electrons. The molecule has 0 aliphatic heterocycles. The van der Waals surface area contributed by atoms with Gasteiger partial charge in [-0.1, -0.05) is 6.92 Å². The second kappa shape index (κ2) is 7.33. The predicted octanol–water partition coefficient (Wildman–Crippen LogP) is 1.31. The smallest absolute Gasteiger partial charge is 0.266 e. The van der Waals surface area contributed by atoms with Crippen LogP contribution in [0, 0.1) is 13.8 Å². The van der Waals surface area contributed by atoms with Gasteiger partial charge >= 0.3 is 0 Å². The monoisotopic (exact) mass is 356 g/mol. The summed E-state index contributed by atoms with van der Waals surface area (Å²) in [5, 5.41) is 5.26. The van der Waals surface area contributed by atoms with E-state index in [0.717, 1.165) is 15.6 Å². The zero-order chi connectivity index (χ0) is 17.0. The molecule has 126 valence electrons. The lowest BCUT2D eigenvalue weighted by Crippen LogP contribution is -2.33. The van der Waals surface area contributed by atoms with E-state index in [1.54, 1.807) is 13.0 Å². The highest BCUT2D eigenvalue weighted by atomic mass is 32.2. The van der Waals surface area contributed by atoms with E-state index in [-0.39, 0.29) is 24.4 Å². The Morgan fingerprint density at radius 3 is 2.65 bits per heavy atom. The molecule has 0 atom stereocenters. The number of nitrogens with zero attached hydrogens (tertiary/aromatic N) is 3. The van der Waals surface area contributed by atoms with Crippen molar-refractivity contribution in [2.24, 2.45) is 0 Å². The van der Waals surface area contributed by atoms with Crippen molar-refractivity contribution in [2.75, 3.05) is 12.3 Å². The SMILES string of the molecule is CCCS(=O)(=O)NCCn1nc(-c2sc(C)nc2C)ccc1=O. The minimum atomic E-state index is -3.28. The molecule has 0 aliphatic rings. The fourth-order valence-electron chi connectivity index (χ4n) is 2.15. The van der Waals surface area contributed by atoms with E-state index in [2.05, 4.69) is 14.8 Å². The molecule has 0 aliphatic carbocycles. The summed E-state index contributed by atoms with van der Waals surface area (Å²) in [4.78, 5) is 17.2. The van der Waals surface area contributed by atoms with Crippen LogP contribution < -0.4 is 10.3 Å². The van der Waals surface area contributed by atoms with Gasteiger partial charge in [0, 0.05) is 12.6 Å². The van der Waals surface area contributed by atoms with Gasteiger partial charge in [0.2, 0.25) is 10.0 Å². The molecule has 0 spiro atoms. The Bertz CT molecular complexity index is 840. The third-order valence-electron chi connectivity index (χ3n) is 3.12. The van der Waals surface area contributed by atoms with Gasteiger partial charge in [0.1, 0.15) is 5.69 Å². The van der Waals surface area contributed by atoms with Crippen LogP contribution >= 0.6 is 11.3 Å². The summed E-state index contributed by atoms with van der Waals surface area (Å²) in [7, 11) is -3.28. The van der Waals surface area contributed by atoms with Gasteiger partial charge in [-0.05, 0) is 26.3 Å². The number of sulfonamides is 1. The summed E-state index contributed by atoms with van der Waals surface area (Å²) < 4.78 is 27.0. The van der Waals surface area contributed by atoms with Gasteiger partial charge < -0.3 is 0 Å². The Labute approximate surface area is 139 Å². The summed E-state index contributed by atoms with van der Waals surface area (Å²) in [5.41, 5.74) is 1.28. The first-order valence-electron chi connectivity index (χ1n) is 7.32. The lowest BCUT2D eigenvalue weighted by atomic mass is 10.3. The summed E-state index contributed by atoms with van der Waals surface area (Å²) >= 11 is 1.52. The van der Waals surface area contributed by atoms with Crippen molar-refractivity contribution in [1.29, 1.82) is 0 Å². The van der Waals surface area contributed by atoms with Crippen LogP contribution in [-0.4, -0.2) is 35.5 Å². The highest BCUT2D eigenvalue weighted by Crippen LogP contribution is 2.27. The second-order valence-corrected chi connectivity index (χ2v) is 8.27. The Morgan fingerprint density at radius 2 is 2.04 bits per heavy atom. The molecule has 7 nitrogen and oxygen atoms in total. The van der Waals surface area contributed by atoms with Crippen molar-refractivity contribution >= 4 is 21.4 Å². The number of hydrogen-bond donors (Lipinski definition) is 1. The quantitative estimate of drug-likeness (QED) is 0.807. The summed E-state index contributed by atoms with van der Waals surface area (Å²) in [6.07, 6.45) is 0.549. The molecule has 9 heteroatoms. The number of hydrogen-bond acceptors (Lipinski definition) is 6. The Hall–Kier alpha value is -1.58. The average Bonchev–Trinajstić information content (AvgIpc) is 2.79. The molecule has 0 saturated heterocycles. The summed E-state index contributed by atoms with van der Waals surface area (Å²) in [5.74, 6) is 0.0781. The Morgan fingerprint density at radius 1 is 1.30 bits per heavy atom. The predicted molar refractivity (Wildman–Crippen MR) is 91.2 cm³/mol. The lowest BCUT2D eigenvalue weighted by molar-refractivity contribution is 0.548. The number of aryl methyl sites for hydroxylation is 2. The Balaban J connectivity index is 2.15. The van der Waals surface area contributed by atoms with Gasteiger partial charge in [-0.2, -0.15) is 5.10 Å². The van der Waals surface area contributed by atoms with Crippen LogP contribution in [0.25, 0.3) is 10.6 Å².